The Kier molecular flexibility index (Phi) is 4.36. The van der Waals surface area contributed by atoms with Crippen LogP contribution < -0.4 is 4.90 Å². The Morgan fingerprint density at radius 1 is 0.931 bits per heavy atom. The molecule has 0 saturated carbocycles. The lowest BCUT2D eigenvalue weighted by atomic mass is 10.0. The third kappa shape index (κ3) is 3.30. The Morgan fingerprint density at radius 2 is 1.66 bits per heavy atom. The molecule has 0 bridgehead atoms. The van der Waals surface area contributed by atoms with Crippen molar-refractivity contribution in [1.82, 2.24) is 24.3 Å². The number of sulfonamides is 1. The van der Waals surface area contributed by atoms with Gasteiger partial charge in [0.1, 0.15) is 4.90 Å². The molecular formula is C20H22N6O2S. The molecule has 2 aliphatic heterocycles. The molecule has 0 radical (unpaired) electrons. The van der Waals surface area contributed by atoms with Gasteiger partial charge in [0.15, 0.2) is 5.82 Å². The molecule has 2 unspecified atom stereocenters. The van der Waals surface area contributed by atoms with E-state index >= 15 is 0 Å². The minimum Gasteiger partial charge on any atom is -0.354 e. The summed E-state index contributed by atoms with van der Waals surface area (Å²) in [5.41, 5.74) is 1.89. The predicted molar refractivity (Wildman–Crippen MR) is 109 cm³/mol. The Hall–Kier alpha value is -2.78. The second kappa shape index (κ2) is 6.93. The standard InChI is InChI=1S/C20H22N6O2S/c1-24-14-18(9-21-24)29(27,28)26-12-16-10-25(11-17(16)13-26)20-8-7-19(22-23-20)15-5-3-2-4-6-15/h2-9,14,16-17H,10-13H2,1H3. The van der Waals surface area contributed by atoms with Crippen molar-refractivity contribution in [3.8, 4) is 11.3 Å². The van der Waals surface area contributed by atoms with E-state index in [0.717, 1.165) is 30.2 Å². The van der Waals surface area contributed by atoms with E-state index in [1.165, 1.54) is 10.9 Å². The zero-order valence-corrected chi connectivity index (χ0v) is 16.9. The average molecular weight is 411 g/mol. The van der Waals surface area contributed by atoms with E-state index in [0.29, 0.717) is 24.9 Å². The molecule has 5 rings (SSSR count). The van der Waals surface area contributed by atoms with Crippen LogP contribution in [0.15, 0.2) is 59.8 Å². The van der Waals surface area contributed by atoms with E-state index in [2.05, 4.69) is 20.2 Å². The normalized spacial score (nSPS) is 22.2. The van der Waals surface area contributed by atoms with Crippen molar-refractivity contribution in [1.29, 1.82) is 0 Å². The van der Waals surface area contributed by atoms with Gasteiger partial charge in [0.2, 0.25) is 10.0 Å². The highest BCUT2D eigenvalue weighted by molar-refractivity contribution is 7.89. The predicted octanol–water partition coefficient (Wildman–Crippen LogP) is 1.63. The molecule has 0 amide bonds. The van der Waals surface area contributed by atoms with Crippen LogP contribution in [0.5, 0.6) is 0 Å². The van der Waals surface area contributed by atoms with Gasteiger partial charge >= 0.3 is 0 Å². The van der Waals surface area contributed by atoms with Crippen molar-refractivity contribution < 1.29 is 8.42 Å². The van der Waals surface area contributed by atoms with Crippen molar-refractivity contribution in [2.75, 3.05) is 31.1 Å². The van der Waals surface area contributed by atoms with Gasteiger partial charge in [-0.25, -0.2) is 8.42 Å². The summed E-state index contributed by atoms with van der Waals surface area (Å²) in [5.74, 6) is 1.45. The van der Waals surface area contributed by atoms with E-state index in [1.54, 1.807) is 17.5 Å². The molecule has 1 aromatic carbocycles. The smallest absolute Gasteiger partial charge is 0.246 e. The molecule has 2 saturated heterocycles. The molecule has 2 fully saturated rings. The number of aryl methyl sites for hydroxylation is 1. The van der Waals surface area contributed by atoms with E-state index < -0.39 is 10.0 Å². The summed E-state index contributed by atoms with van der Waals surface area (Å²) in [6.45, 7) is 2.66. The average Bonchev–Trinajstić information content (AvgIpc) is 3.44. The lowest BCUT2D eigenvalue weighted by Gasteiger charge is -2.21. The van der Waals surface area contributed by atoms with Crippen LogP contribution in [0.1, 0.15) is 0 Å². The van der Waals surface area contributed by atoms with Gasteiger partial charge < -0.3 is 4.90 Å². The number of fused-ring (bicyclic) bond motifs is 1. The number of aromatic nitrogens is 4. The van der Waals surface area contributed by atoms with Gasteiger partial charge in [0, 0.05) is 45.0 Å². The molecular weight excluding hydrogens is 388 g/mol. The summed E-state index contributed by atoms with van der Waals surface area (Å²) in [6.07, 6.45) is 2.97. The molecule has 2 aromatic heterocycles. The highest BCUT2D eigenvalue weighted by Crippen LogP contribution is 2.35. The second-order valence-electron chi connectivity index (χ2n) is 7.74. The Morgan fingerprint density at radius 3 is 2.24 bits per heavy atom. The Bertz CT molecular complexity index is 1100. The molecule has 0 aliphatic carbocycles. The molecule has 4 heterocycles. The van der Waals surface area contributed by atoms with Gasteiger partial charge in [-0.05, 0) is 24.0 Å². The highest BCUT2D eigenvalue weighted by Gasteiger charge is 2.44. The number of rotatable bonds is 4. The van der Waals surface area contributed by atoms with Gasteiger partial charge in [-0.1, -0.05) is 30.3 Å². The minimum atomic E-state index is -3.47. The molecule has 0 N–H and O–H groups in total. The van der Waals surface area contributed by atoms with Crippen molar-refractivity contribution in [3.05, 3.63) is 54.9 Å². The van der Waals surface area contributed by atoms with Crippen LogP contribution in [0.25, 0.3) is 11.3 Å². The van der Waals surface area contributed by atoms with Crippen molar-refractivity contribution in [2.24, 2.45) is 18.9 Å². The Labute approximate surface area is 169 Å². The molecule has 2 aliphatic rings. The first-order valence-electron chi connectivity index (χ1n) is 9.63. The number of nitrogens with zero attached hydrogens (tertiary/aromatic N) is 6. The van der Waals surface area contributed by atoms with Gasteiger partial charge in [-0.3, -0.25) is 4.68 Å². The number of anilines is 1. The van der Waals surface area contributed by atoms with E-state index in [4.69, 9.17) is 0 Å². The van der Waals surface area contributed by atoms with Crippen LogP contribution in [0.4, 0.5) is 5.82 Å². The third-order valence-corrected chi connectivity index (χ3v) is 7.60. The maximum Gasteiger partial charge on any atom is 0.246 e. The zero-order valence-electron chi connectivity index (χ0n) is 16.1. The summed E-state index contributed by atoms with van der Waals surface area (Å²) < 4.78 is 28.8. The van der Waals surface area contributed by atoms with Crippen LogP contribution in [0.2, 0.25) is 0 Å². The summed E-state index contributed by atoms with van der Waals surface area (Å²) in [5, 5.41) is 12.8. The maximum atomic E-state index is 12.8. The van der Waals surface area contributed by atoms with E-state index in [1.807, 2.05) is 42.5 Å². The van der Waals surface area contributed by atoms with Gasteiger partial charge in [-0.15, -0.1) is 10.2 Å². The topological polar surface area (TPSA) is 84.2 Å². The Balaban J connectivity index is 1.27. The zero-order chi connectivity index (χ0) is 20.0. The van der Waals surface area contributed by atoms with E-state index in [9.17, 15) is 8.42 Å². The van der Waals surface area contributed by atoms with Crippen LogP contribution in [0.3, 0.4) is 0 Å². The van der Waals surface area contributed by atoms with Crippen LogP contribution in [0, 0.1) is 11.8 Å². The first-order valence-corrected chi connectivity index (χ1v) is 11.1. The number of benzene rings is 1. The fourth-order valence-electron chi connectivity index (χ4n) is 4.27. The molecule has 29 heavy (non-hydrogen) atoms. The molecule has 150 valence electrons. The number of hydrogen-bond acceptors (Lipinski definition) is 6. The molecule has 8 nitrogen and oxygen atoms in total. The van der Waals surface area contributed by atoms with Crippen molar-refractivity contribution in [2.45, 2.75) is 4.90 Å². The second-order valence-corrected chi connectivity index (χ2v) is 9.68. The number of hydrogen-bond donors (Lipinski definition) is 0. The maximum absolute atomic E-state index is 12.8. The van der Waals surface area contributed by atoms with Gasteiger partial charge in [0.05, 0.1) is 11.9 Å². The highest BCUT2D eigenvalue weighted by atomic mass is 32.2. The lowest BCUT2D eigenvalue weighted by molar-refractivity contribution is 0.453. The largest absolute Gasteiger partial charge is 0.354 e. The summed E-state index contributed by atoms with van der Waals surface area (Å²) in [6, 6.07) is 14.0. The van der Waals surface area contributed by atoms with Gasteiger partial charge in [-0.2, -0.15) is 9.40 Å². The molecule has 0 spiro atoms. The summed E-state index contributed by atoms with van der Waals surface area (Å²) in [4.78, 5) is 2.48. The summed E-state index contributed by atoms with van der Waals surface area (Å²) >= 11 is 0. The minimum absolute atomic E-state index is 0.263. The fraction of sp³-hybridized carbons (Fsp3) is 0.350. The van der Waals surface area contributed by atoms with Crippen molar-refractivity contribution in [3.63, 3.8) is 0 Å². The monoisotopic (exact) mass is 410 g/mol. The first kappa shape index (κ1) is 18.3. The molecule has 2 atom stereocenters. The van der Waals surface area contributed by atoms with E-state index in [-0.39, 0.29) is 4.90 Å². The molecule has 3 aromatic rings. The third-order valence-electron chi connectivity index (χ3n) is 5.82. The van der Waals surface area contributed by atoms with Crippen LogP contribution >= 0.6 is 0 Å². The van der Waals surface area contributed by atoms with Crippen molar-refractivity contribution >= 4 is 15.8 Å². The fourth-order valence-corrected chi connectivity index (χ4v) is 5.81. The summed E-state index contributed by atoms with van der Waals surface area (Å²) in [7, 11) is -1.75. The quantitative estimate of drug-likeness (QED) is 0.650. The SMILES string of the molecule is Cn1cc(S(=O)(=O)N2CC3CN(c4ccc(-c5ccccc5)nn4)CC3C2)cn1. The van der Waals surface area contributed by atoms with Crippen LogP contribution in [-0.2, 0) is 17.1 Å². The molecule has 9 heteroatoms. The van der Waals surface area contributed by atoms with Crippen LogP contribution in [-0.4, -0.2) is 58.9 Å². The first-order chi connectivity index (χ1) is 14.0. The van der Waals surface area contributed by atoms with Gasteiger partial charge in [0.25, 0.3) is 0 Å². The lowest BCUT2D eigenvalue weighted by Crippen LogP contribution is -2.33.